The van der Waals surface area contributed by atoms with Gasteiger partial charge < -0.3 is 19.9 Å². The van der Waals surface area contributed by atoms with Crippen LogP contribution >= 0.6 is 0 Å². The van der Waals surface area contributed by atoms with Gasteiger partial charge in [0.15, 0.2) is 0 Å². The van der Waals surface area contributed by atoms with E-state index in [4.69, 9.17) is 9.47 Å². The summed E-state index contributed by atoms with van der Waals surface area (Å²) in [5.74, 6) is -1.18. The van der Waals surface area contributed by atoms with E-state index in [2.05, 4.69) is 5.32 Å². The highest BCUT2D eigenvalue weighted by Gasteiger charge is 2.20. The molecule has 0 spiro atoms. The highest BCUT2D eigenvalue weighted by molar-refractivity contribution is 5.94. The van der Waals surface area contributed by atoms with Gasteiger partial charge in [0.25, 0.3) is 5.91 Å². The number of nitrogens with one attached hydrogen (secondary N) is 1. The Morgan fingerprint density at radius 1 is 1.17 bits per heavy atom. The third-order valence-corrected chi connectivity index (χ3v) is 5.01. The van der Waals surface area contributed by atoms with Crippen LogP contribution in [0.25, 0.3) is 0 Å². The second-order valence-electron chi connectivity index (χ2n) is 7.39. The highest BCUT2D eigenvalue weighted by Crippen LogP contribution is 2.19. The normalized spacial score (nSPS) is 15.5. The van der Waals surface area contributed by atoms with Crippen LogP contribution in [0, 0.1) is 12.8 Å². The summed E-state index contributed by atoms with van der Waals surface area (Å²) >= 11 is 0. The Labute approximate surface area is 170 Å². The molecule has 0 bridgehead atoms. The number of hydrogen-bond donors (Lipinski definition) is 2. The van der Waals surface area contributed by atoms with E-state index >= 15 is 0 Å². The van der Waals surface area contributed by atoms with Crippen LogP contribution in [0.3, 0.4) is 0 Å². The number of carbonyl (C=O) groups is 2. The Morgan fingerprint density at radius 3 is 2.55 bits per heavy atom. The first-order valence-corrected chi connectivity index (χ1v) is 9.92. The fraction of sp³-hybridized carbons (Fsp3) is 0.391. The van der Waals surface area contributed by atoms with Crippen molar-refractivity contribution in [3.63, 3.8) is 0 Å². The Balaban J connectivity index is 1.53. The van der Waals surface area contributed by atoms with Crippen LogP contribution in [0.1, 0.15) is 34.3 Å². The van der Waals surface area contributed by atoms with Crippen molar-refractivity contribution in [2.45, 2.75) is 32.3 Å². The number of benzene rings is 2. The predicted molar refractivity (Wildman–Crippen MR) is 109 cm³/mol. The van der Waals surface area contributed by atoms with Gasteiger partial charge in [-0.25, -0.2) is 0 Å². The SMILES string of the molecule is Cc1cccc(CC(CNC(=O)c2ccc(OC3CCOCC3)cc2)C(=O)O)c1. The maximum atomic E-state index is 12.4. The highest BCUT2D eigenvalue weighted by atomic mass is 16.5. The van der Waals surface area contributed by atoms with Crippen LogP contribution in [0.2, 0.25) is 0 Å². The number of amides is 1. The molecule has 1 fully saturated rings. The van der Waals surface area contributed by atoms with E-state index in [1.807, 2.05) is 31.2 Å². The number of carbonyl (C=O) groups excluding carboxylic acids is 1. The maximum Gasteiger partial charge on any atom is 0.308 e. The number of carboxylic acid groups (broad SMARTS) is 1. The van der Waals surface area contributed by atoms with Crippen LogP contribution in [-0.4, -0.2) is 42.8 Å². The van der Waals surface area contributed by atoms with Crippen molar-refractivity contribution in [3.8, 4) is 5.75 Å². The molecular formula is C23H27NO5. The first-order chi connectivity index (χ1) is 14.0. The molecule has 0 radical (unpaired) electrons. The Hall–Kier alpha value is -2.86. The number of ether oxygens (including phenoxy) is 2. The molecule has 1 amide bonds. The van der Waals surface area contributed by atoms with Gasteiger partial charge in [-0.05, 0) is 43.2 Å². The zero-order chi connectivity index (χ0) is 20.6. The van der Waals surface area contributed by atoms with E-state index in [0.29, 0.717) is 25.2 Å². The van der Waals surface area contributed by atoms with Crippen LogP contribution in [0.5, 0.6) is 5.75 Å². The zero-order valence-electron chi connectivity index (χ0n) is 16.6. The average molecular weight is 397 g/mol. The summed E-state index contributed by atoms with van der Waals surface area (Å²) in [4.78, 5) is 24.0. The summed E-state index contributed by atoms with van der Waals surface area (Å²) in [5.41, 5.74) is 2.50. The first kappa shape index (κ1) is 20.9. The van der Waals surface area contributed by atoms with Gasteiger partial charge in [0.2, 0.25) is 0 Å². The first-order valence-electron chi connectivity index (χ1n) is 9.92. The Morgan fingerprint density at radius 2 is 1.90 bits per heavy atom. The number of aryl methyl sites for hydroxylation is 1. The Bertz CT molecular complexity index is 827. The quantitative estimate of drug-likeness (QED) is 0.714. The second kappa shape index (κ2) is 10.1. The van der Waals surface area contributed by atoms with Crippen molar-refractivity contribution in [3.05, 3.63) is 65.2 Å². The molecule has 6 nitrogen and oxygen atoms in total. The van der Waals surface area contributed by atoms with Crippen LogP contribution in [0.4, 0.5) is 0 Å². The molecule has 1 aliphatic heterocycles. The molecule has 6 heteroatoms. The molecular weight excluding hydrogens is 370 g/mol. The van der Waals surface area contributed by atoms with Gasteiger partial charge >= 0.3 is 5.97 Å². The summed E-state index contributed by atoms with van der Waals surface area (Å²) in [6.07, 6.45) is 2.23. The summed E-state index contributed by atoms with van der Waals surface area (Å²) < 4.78 is 11.2. The minimum atomic E-state index is -0.924. The van der Waals surface area contributed by atoms with Gasteiger partial charge in [-0.1, -0.05) is 29.8 Å². The van der Waals surface area contributed by atoms with Gasteiger partial charge in [0, 0.05) is 24.9 Å². The van der Waals surface area contributed by atoms with Crippen molar-refractivity contribution < 1.29 is 24.2 Å². The van der Waals surface area contributed by atoms with E-state index in [0.717, 1.165) is 29.7 Å². The molecule has 1 atom stereocenters. The molecule has 2 N–H and O–H groups in total. The molecule has 1 heterocycles. The molecule has 0 saturated carbocycles. The Kier molecular flexibility index (Phi) is 7.25. The largest absolute Gasteiger partial charge is 0.490 e. The molecule has 2 aromatic carbocycles. The zero-order valence-corrected chi connectivity index (χ0v) is 16.6. The smallest absolute Gasteiger partial charge is 0.308 e. The van der Waals surface area contributed by atoms with Crippen molar-refractivity contribution in [2.24, 2.45) is 5.92 Å². The van der Waals surface area contributed by atoms with Crippen LogP contribution in [-0.2, 0) is 16.0 Å². The van der Waals surface area contributed by atoms with E-state index in [1.165, 1.54) is 0 Å². The molecule has 0 aromatic heterocycles. The molecule has 154 valence electrons. The molecule has 29 heavy (non-hydrogen) atoms. The molecule has 1 saturated heterocycles. The minimum Gasteiger partial charge on any atom is -0.490 e. The van der Waals surface area contributed by atoms with Crippen molar-refractivity contribution in [1.82, 2.24) is 5.32 Å². The second-order valence-corrected chi connectivity index (χ2v) is 7.39. The lowest BCUT2D eigenvalue weighted by Gasteiger charge is -2.23. The van der Waals surface area contributed by atoms with Gasteiger partial charge in [-0.2, -0.15) is 0 Å². The number of aliphatic carboxylic acids is 1. The molecule has 1 unspecified atom stereocenters. The third kappa shape index (κ3) is 6.32. The van der Waals surface area contributed by atoms with E-state index in [1.54, 1.807) is 24.3 Å². The summed E-state index contributed by atoms with van der Waals surface area (Å²) in [5, 5.41) is 12.2. The van der Waals surface area contributed by atoms with E-state index in [9.17, 15) is 14.7 Å². The molecule has 1 aliphatic rings. The summed E-state index contributed by atoms with van der Waals surface area (Å²) in [7, 11) is 0. The van der Waals surface area contributed by atoms with Gasteiger partial charge in [-0.15, -0.1) is 0 Å². The fourth-order valence-electron chi connectivity index (χ4n) is 3.36. The minimum absolute atomic E-state index is 0.0719. The number of rotatable bonds is 8. The number of hydrogen-bond acceptors (Lipinski definition) is 4. The fourth-order valence-corrected chi connectivity index (χ4v) is 3.36. The van der Waals surface area contributed by atoms with Crippen molar-refractivity contribution >= 4 is 11.9 Å². The summed E-state index contributed by atoms with van der Waals surface area (Å²) in [6.45, 7) is 3.45. The van der Waals surface area contributed by atoms with Gasteiger partial charge in [-0.3, -0.25) is 9.59 Å². The number of carboxylic acids is 1. The van der Waals surface area contributed by atoms with Crippen molar-refractivity contribution in [1.29, 1.82) is 0 Å². The standard InChI is InChI=1S/C23H27NO5/c1-16-3-2-4-17(13-16)14-19(23(26)27)15-24-22(25)18-5-7-20(8-6-18)29-21-9-11-28-12-10-21/h2-8,13,19,21H,9-12,14-15H2,1H3,(H,24,25)(H,26,27). The van der Waals surface area contributed by atoms with Gasteiger partial charge in [0.1, 0.15) is 11.9 Å². The molecule has 3 rings (SSSR count). The maximum absolute atomic E-state index is 12.4. The van der Waals surface area contributed by atoms with Gasteiger partial charge in [0.05, 0.1) is 19.1 Å². The molecule has 0 aliphatic carbocycles. The van der Waals surface area contributed by atoms with E-state index in [-0.39, 0.29) is 18.6 Å². The van der Waals surface area contributed by atoms with Crippen LogP contribution in [0.15, 0.2) is 48.5 Å². The lowest BCUT2D eigenvalue weighted by Crippen LogP contribution is -2.34. The predicted octanol–water partition coefficient (Wildman–Crippen LogP) is 3.23. The third-order valence-electron chi connectivity index (χ3n) is 5.01. The monoisotopic (exact) mass is 397 g/mol. The lowest BCUT2D eigenvalue weighted by molar-refractivity contribution is -0.141. The van der Waals surface area contributed by atoms with Crippen LogP contribution < -0.4 is 10.1 Å². The molecule has 2 aromatic rings. The van der Waals surface area contributed by atoms with E-state index < -0.39 is 11.9 Å². The van der Waals surface area contributed by atoms with Crippen molar-refractivity contribution in [2.75, 3.05) is 19.8 Å². The topological polar surface area (TPSA) is 84.9 Å². The average Bonchev–Trinajstić information content (AvgIpc) is 2.72. The summed E-state index contributed by atoms with van der Waals surface area (Å²) in [6, 6.07) is 14.7. The lowest BCUT2D eigenvalue weighted by atomic mass is 9.98.